The molecule has 5 nitrogen and oxygen atoms in total. The Kier molecular flexibility index (Phi) is 4.27. The van der Waals surface area contributed by atoms with Crippen molar-refractivity contribution < 1.29 is 14.3 Å². The lowest BCUT2D eigenvalue weighted by molar-refractivity contribution is 0.0939. The summed E-state index contributed by atoms with van der Waals surface area (Å²) in [6.45, 7) is 2.75. The summed E-state index contributed by atoms with van der Waals surface area (Å²) in [5.41, 5.74) is 0.473. The zero-order chi connectivity index (χ0) is 13.8. The van der Waals surface area contributed by atoms with E-state index >= 15 is 0 Å². The predicted octanol–water partition coefficient (Wildman–Crippen LogP) is 2.25. The number of carbonyl (C=O) groups is 1. The van der Waals surface area contributed by atoms with Crippen LogP contribution in [-0.2, 0) is 0 Å². The van der Waals surface area contributed by atoms with E-state index in [2.05, 4.69) is 21.2 Å². The van der Waals surface area contributed by atoms with E-state index in [0.717, 1.165) is 0 Å². The van der Waals surface area contributed by atoms with Crippen LogP contribution in [0.1, 0.15) is 23.7 Å². The highest BCUT2D eigenvalue weighted by Crippen LogP contribution is 2.38. The zero-order valence-electron chi connectivity index (χ0n) is 10.4. The van der Waals surface area contributed by atoms with E-state index in [-0.39, 0.29) is 18.4 Å². The third-order valence-electron chi connectivity index (χ3n) is 2.63. The molecule has 0 saturated heterocycles. The van der Waals surface area contributed by atoms with Crippen molar-refractivity contribution in [1.29, 1.82) is 5.26 Å². The van der Waals surface area contributed by atoms with E-state index < -0.39 is 0 Å². The number of carbonyl (C=O) groups excluding carboxylic acids is 1. The highest BCUT2D eigenvalue weighted by molar-refractivity contribution is 9.10. The highest BCUT2D eigenvalue weighted by Gasteiger charge is 2.19. The Bertz CT molecular complexity index is 539. The molecule has 100 valence electrons. The Morgan fingerprint density at radius 2 is 2.26 bits per heavy atom. The van der Waals surface area contributed by atoms with Gasteiger partial charge >= 0.3 is 0 Å². The van der Waals surface area contributed by atoms with Gasteiger partial charge in [-0.1, -0.05) is 0 Å². The number of hydrogen-bond donors (Lipinski definition) is 1. The molecule has 0 spiro atoms. The molecule has 19 heavy (non-hydrogen) atoms. The number of benzene rings is 1. The van der Waals surface area contributed by atoms with Gasteiger partial charge in [0.15, 0.2) is 11.5 Å². The van der Waals surface area contributed by atoms with Gasteiger partial charge < -0.3 is 14.8 Å². The van der Waals surface area contributed by atoms with Gasteiger partial charge in [-0.25, -0.2) is 0 Å². The second-order valence-corrected chi connectivity index (χ2v) is 5.07. The van der Waals surface area contributed by atoms with Crippen LogP contribution in [0.3, 0.4) is 0 Å². The summed E-state index contributed by atoms with van der Waals surface area (Å²) in [6, 6.07) is 5.16. The molecule has 6 heteroatoms. The average molecular weight is 325 g/mol. The monoisotopic (exact) mass is 324 g/mol. The lowest BCUT2D eigenvalue weighted by atomic mass is 10.1. The summed E-state index contributed by atoms with van der Waals surface area (Å²) < 4.78 is 11.6. The fourth-order valence-electron chi connectivity index (χ4n) is 1.74. The molecular weight excluding hydrogens is 312 g/mol. The van der Waals surface area contributed by atoms with Crippen molar-refractivity contribution in [2.75, 3.05) is 13.2 Å². The number of halogens is 1. The molecule has 1 atom stereocenters. The Labute approximate surface area is 119 Å². The van der Waals surface area contributed by atoms with Crippen molar-refractivity contribution in [3.63, 3.8) is 0 Å². The molecule has 1 amide bonds. The van der Waals surface area contributed by atoms with Gasteiger partial charge in [-0.05, 0) is 35.0 Å². The van der Waals surface area contributed by atoms with Crippen molar-refractivity contribution in [2.45, 2.75) is 19.4 Å². The SMILES string of the molecule is CC(CC#N)NC(=O)c1cc(Br)c2c(c1)OCCO2. The van der Waals surface area contributed by atoms with Crippen LogP contribution in [-0.4, -0.2) is 25.2 Å². The molecule has 2 rings (SSSR count). The van der Waals surface area contributed by atoms with Gasteiger partial charge in [-0.15, -0.1) is 0 Å². The van der Waals surface area contributed by atoms with Crippen molar-refractivity contribution >= 4 is 21.8 Å². The van der Waals surface area contributed by atoms with Gasteiger partial charge in [0.1, 0.15) is 13.2 Å². The summed E-state index contributed by atoms with van der Waals surface area (Å²) >= 11 is 3.36. The topological polar surface area (TPSA) is 71.4 Å². The third-order valence-corrected chi connectivity index (χ3v) is 3.22. The molecule has 0 saturated carbocycles. The van der Waals surface area contributed by atoms with E-state index in [1.165, 1.54) is 0 Å². The molecule has 0 bridgehead atoms. The lowest BCUT2D eigenvalue weighted by Gasteiger charge is -2.20. The standard InChI is InChI=1S/C13H13BrN2O3/c1-8(2-3-15)16-13(17)9-6-10(14)12-11(7-9)18-4-5-19-12/h6-8H,2,4-5H2,1H3,(H,16,17). The number of hydrogen-bond acceptors (Lipinski definition) is 4. The summed E-state index contributed by atoms with van der Waals surface area (Å²) in [5, 5.41) is 11.3. The van der Waals surface area contributed by atoms with Crippen LogP contribution < -0.4 is 14.8 Å². The number of fused-ring (bicyclic) bond motifs is 1. The van der Waals surface area contributed by atoms with Gasteiger partial charge in [-0.2, -0.15) is 5.26 Å². The first kappa shape index (κ1) is 13.7. The van der Waals surface area contributed by atoms with Crippen molar-refractivity contribution in [2.24, 2.45) is 0 Å². The van der Waals surface area contributed by atoms with Crippen molar-refractivity contribution in [3.8, 4) is 17.6 Å². The number of nitrogens with zero attached hydrogens (tertiary/aromatic N) is 1. The number of nitriles is 1. The number of rotatable bonds is 3. The highest BCUT2D eigenvalue weighted by atomic mass is 79.9. The first-order valence-corrected chi connectivity index (χ1v) is 6.68. The molecule has 1 N–H and O–H groups in total. The Morgan fingerprint density at radius 1 is 1.53 bits per heavy atom. The molecule has 1 aliphatic heterocycles. The van der Waals surface area contributed by atoms with Crippen LogP contribution in [0.5, 0.6) is 11.5 Å². The second kappa shape index (κ2) is 5.93. The summed E-state index contributed by atoms with van der Waals surface area (Å²) in [6.07, 6.45) is 0.275. The fourth-order valence-corrected chi connectivity index (χ4v) is 2.29. The van der Waals surface area contributed by atoms with E-state index in [4.69, 9.17) is 14.7 Å². The fraction of sp³-hybridized carbons (Fsp3) is 0.385. The maximum atomic E-state index is 12.0. The third kappa shape index (κ3) is 3.18. The normalized spacial score (nSPS) is 14.4. The minimum Gasteiger partial charge on any atom is -0.486 e. The molecule has 1 aliphatic rings. The maximum Gasteiger partial charge on any atom is 0.251 e. The zero-order valence-corrected chi connectivity index (χ0v) is 12.0. The van der Waals surface area contributed by atoms with Crippen molar-refractivity contribution in [1.82, 2.24) is 5.32 Å². The Morgan fingerprint density at radius 3 is 3.00 bits per heavy atom. The number of nitrogens with one attached hydrogen (secondary N) is 1. The van der Waals surface area contributed by atoms with Crippen LogP contribution >= 0.6 is 15.9 Å². The Hall–Kier alpha value is -1.74. The number of ether oxygens (including phenoxy) is 2. The van der Waals surface area contributed by atoms with Crippen LogP contribution in [0.2, 0.25) is 0 Å². The quantitative estimate of drug-likeness (QED) is 0.925. The largest absolute Gasteiger partial charge is 0.486 e. The minimum atomic E-state index is -0.236. The molecule has 0 aliphatic carbocycles. The van der Waals surface area contributed by atoms with Gasteiger partial charge in [0.2, 0.25) is 0 Å². The molecular formula is C13H13BrN2O3. The molecule has 1 aromatic rings. The van der Waals surface area contributed by atoms with Crippen LogP contribution in [0.15, 0.2) is 16.6 Å². The summed E-state index contributed by atoms with van der Waals surface area (Å²) in [4.78, 5) is 12.0. The van der Waals surface area contributed by atoms with Gasteiger partial charge in [-0.3, -0.25) is 4.79 Å². The van der Waals surface area contributed by atoms with Crippen molar-refractivity contribution in [3.05, 3.63) is 22.2 Å². The van der Waals surface area contributed by atoms with Gasteiger partial charge in [0, 0.05) is 11.6 Å². The first-order chi connectivity index (χ1) is 9.11. The van der Waals surface area contributed by atoms with E-state index in [1.54, 1.807) is 19.1 Å². The van der Waals surface area contributed by atoms with E-state index in [0.29, 0.717) is 34.7 Å². The van der Waals surface area contributed by atoms with Crippen LogP contribution in [0, 0.1) is 11.3 Å². The van der Waals surface area contributed by atoms with E-state index in [1.807, 2.05) is 6.07 Å². The minimum absolute atomic E-state index is 0.190. The lowest BCUT2D eigenvalue weighted by Crippen LogP contribution is -2.32. The molecule has 0 aromatic heterocycles. The summed E-state index contributed by atoms with van der Waals surface area (Å²) in [7, 11) is 0. The smallest absolute Gasteiger partial charge is 0.251 e. The molecule has 1 unspecified atom stereocenters. The maximum absolute atomic E-state index is 12.0. The average Bonchev–Trinajstić information content (AvgIpc) is 2.39. The van der Waals surface area contributed by atoms with Crippen LogP contribution in [0.25, 0.3) is 0 Å². The molecule has 0 radical (unpaired) electrons. The molecule has 1 aromatic carbocycles. The van der Waals surface area contributed by atoms with Gasteiger partial charge in [0.25, 0.3) is 5.91 Å². The second-order valence-electron chi connectivity index (χ2n) is 4.22. The van der Waals surface area contributed by atoms with Crippen LogP contribution in [0.4, 0.5) is 0 Å². The first-order valence-electron chi connectivity index (χ1n) is 5.88. The Balaban J connectivity index is 2.19. The molecule has 0 fully saturated rings. The number of amides is 1. The summed E-state index contributed by atoms with van der Waals surface area (Å²) in [5.74, 6) is 0.937. The van der Waals surface area contributed by atoms with Gasteiger partial charge in [0.05, 0.1) is 17.0 Å². The predicted molar refractivity (Wildman–Crippen MR) is 72.3 cm³/mol. The molecule has 1 heterocycles. The van der Waals surface area contributed by atoms with E-state index in [9.17, 15) is 4.79 Å².